The summed E-state index contributed by atoms with van der Waals surface area (Å²) in [5.41, 5.74) is 2.56. The van der Waals surface area contributed by atoms with Crippen molar-refractivity contribution < 1.29 is 0 Å². The lowest BCUT2D eigenvalue weighted by Crippen LogP contribution is -2.30. The van der Waals surface area contributed by atoms with Crippen molar-refractivity contribution >= 4 is 17.4 Å². The van der Waals surface area contributed by atoms with Crippen LogP contribution in [0.2, 0.25) is 5.02 Å². The first-order valence-electron chi connectivity index (χ1n) is 7.01. The Morgan fingerprint density at radius 2 is 2.32 bits per heavy atom. The fraction of sp³-hybridized carbons (Fsp3) is 0.533. The van der Waals surface area contributed by atoms with Crippen LogP contribution >= 0.6 is 11.6 Å². The average Bonchev–Trinajstić information content (AvgIpc) is 3.20. The van der Waals surface area contributed by atoms with Crippen LogP contribution < -0.4 is 10.2 Å². The molecule has 0 bridgehead atoms. The van der Waals surface area contributed by atoms with Gasteiger partial charge in [0.05, 0.1) is 5.02 Å². The third kappa shape index (κ3) is 3.28. The highest BCUT2D eigenvalue weighted by Crippen LogP contribution is 2.27. The minimum absolute atomic E-state index is 0.716. The molecule has 0 unspecified atom stereocenters. The SMILES string of the molecule is CC1=CCCN(c2ncc(CNC3CC3)cc2Cl)C1. The molecule has 0 aromatic carbocycles. The lowest BCUT2D eigenvalue weighted by atomic mass is 10.1. The third-order valence-electron chi connectivity index (χ3n) is 3.68. The first kappa shape index (κ1) is 12.9. The van der Waals surface area contributed by atoms with Crippen molar-refractivity contribution in [3.05, 3.63) is 34.5 Å². The van der Waals surface area contributed by atoms with Gasteiger partial charge in [-0.05, 0) is 37.8 Å². The molecule has 4 heteroatoms. The van der Waals surface area contributed by atoms with E-state index in [0.29, 0.717) is 6.04 Å². The molecular formula is C15H20ClN3. The van der Waals surface area contributed by atoms with Crippen LogP contribution in [0.15, 0.2) is 23.9 Å². The maximum absolute atomic E-state index is 6.39. The number of nitrogens with zero attached hydrogens (tertiary/aromatic N) is 2. The lowest BCUT2D eigenvalue weighted by molar-refractivity contribution is 0.685. The fourth-order valence-corrected chi connectivity index (χ4v) is 2.75. The van der Waals surface area contributed by atoms with Crippen molar-refractivity contribution in [2.24, 2.45) is 0 Å². The number of aromatic nitrogens is 1. The van der Waals surface area contributed by atoms with E-state index in [1.54, 1.807) is 0 Å². The Morgan fingerprint density at radius 1 is 1.47 bits per heavy atom. The molecule has 2 aliphatic rings. The van der Waals surface area contributed by atoms with E-state index in [0.717, 1.165) is 36.9 Å². The third-order valence-corrected chi connectivity index (χ3v) is 3.96. The Kier molecular flexibility index (Phi) is 3.76. The van der Waals surface area contributed by atoms with Crippen LogP contribution in [-0.4, -0.2) is 24.1 Å². The normalized spacial score (nSPS) is 19.5. The monoisotopic (exact) mass is 277 g/mol. The van der Waals surface area contributed by atoms with Gasteiger partial charge in [0.2, 0.25) is 0 Å². The molecule has 0 radical (unpaired) electrons. The molecule has 19 heavy (non-hydrogen) atoms. The zero-order chi connectivity index (χ0) is 13.2. The molecule has 1 saturated carbocycles. The first-order chi connectivity index (χ1) is 9.22. The van der Waals surface area contributed by atoms with Gasteiger partial charge in [0.25, 0.3) is 0 Å². The predicted molar refractivity (Wildman–Crippen MR) is 79.7 cm³/mol. The quantitative estimate of drug-likeness (QED) is 0.857. The second-order valence-corrected chi connectivity index (χ2v) is 5.97. The number of hydrogen-bond acceptors (Lipinski definition) is 3. The molecule has 0 saturated heterocycles. The van der Waals surface area contributed by atoms with Gasteiger partial charge < -0.3 is 10.2 Å². The Labute approximate surface area is 119 Å². The number of rotatable bonds is 4. The summed E-state index contributed by atoms with van der Waals surface area (Å²) >= 11 is 6.39. The molecular weight excluding hydrogens is 258 g/mol. The number of anilines is 1. The minimum atomic E-state index is 0.716. The van der Waals surface area contributed by atoms with Crippen LogP contribution in [0.25, 0.3) is 0 Å². The molecule has 1 aliphatic heterocycles. The Morgan fingerprint density at radius 3 is 3.00 bits per heavy atom. The van der Waals surface area contributed by atoms with Gasteiger partial charge >= 0.3 is 0 Å². The number of halogens is 1. The molecule has 0 atom stereocenters. The van der Waals surface area contributed by atoms with Gasteiger partial charge in [-0.1, -0.05) is 23.3 Å². The fourth-order valence-electron chi connectivity index (χ4n) is 2.44. The summed E-state index contributed by atoms with van der Waals surface area (Å²) in [7, 11) is 0. The zero-order valence-corrected chi connectivity index (χ0v) is 12.1. The van der Waals surface area contributed by atoms with E-state index in [2.05, 4.69) is 28.2 Å². The van der Waals surface area contributed by atoms with Gasteiger partial charge in [0, 0.05) is 31.9 Å². The summed E-state index contributed by atoms with van der Waals surface area (Å²) < 4.78 is 0. The second kappa shape index (κ2) is 5.51. The lowest BCUT2D eigenvalue weighted by Gasteiger charge is -2.28. The molecule has 0 amide bonds. The largest absolute Gasteiger partial charge is 0.351 e. The maximum atomic E-state index is 6.39. The van der Waals surface area contributed by atoms with Crippen LogP contribution in [-0.2, 0) is 6.54 Å². The van der Waals surface area contributed by atoms with E-state index < -0.39 is 0 Å². The van der Waals surface area contributed by atoms with E-state index in [1.165, 1.54) is 24.0 Å². The van der Waals surface area contributed by atoms with Crippen LogP contribution in [0.4, 0.5) is 5.82 Å². The molecule has 0 spiro atoms. The first-order valence-corrected chi connectivity index (χ1v) is 7.38. The zero-order valence-electron chi connectivity index (χ0n) is 11.3. The summed E-state index contributed by atoms with van der Waals surface area (Å²) in [6.07, 6.45) is 7.93. The van der Waals surface area contributed by atoms with E-state index in [4.69, 9.17) is 11.6 Å². The highest BCUT2D eigenvalue weighted by atomic mass is 35.5. The van der Waals surface area contributed by atoms with Gasteiger partial charge in [-0.15, -0.1) is 0 Å². The molecule has 2 heterocycles. The maximum Gasteiger partial charge on any atom is 0.147 e. The average molecular weight is 278 g/mol. The predicted octanol–water partition coefficient (Wildman–Crippen LogP) is 3.14. The number of nitrogens with one attached hydrogen (secondary N) is 1. The highest BCUT2D eigenvalue weighted by molar-refractivity contribution is 6.33. The smallest absolute Gasteiger partial charge is 0.147 e. The molecule has 3 nitrogen and oxygen atoms in total. The van der Waals surface area contributed by atoms with Crippen LogP contribution in [0.5, 0.6) is 0 Å². The summed E-state index contributed by atoms with van der Waals surface area (Å²) in [5, 5.41) is 4.25. The molecule has 3 rings (SSSR count). The Hall–Kier alpha value is -1.06. The van der Waals surface area contributed by atoms with Crippen LogP contribution in [0, 0.1) is 0 Å². The summed E-state index contributed by atoms with van der Waals surface area (Å²) in [5.74, 6) is 0.921. The molecule has 102 valence electrons. The van der Waals surface area contributed by atoms with Gasteiger partial charge in [0.15, 0.2) is 0 Å². The topological polar surface area (TPSA) is 28.2 Å². The van der Waals surface area contributed by atoms with Crippen molar-refractivity contribution in [1.82, 2.24) is 10.3 Å². The van der Waals surface area contributed by atoms with E-state index in [-0.39, 0.29) is 0 Å². The van der Waals surface area contributed by atoms with Crippen molar-refractivity contribution in [3.63, 3.8) is 0 Å². The molecule has 1 aromatic rings. The number of hydrogen-bond donors (Lipinski definition) is 1. The second-order valence-electron chi connectivity index (χ2n) is 5.56. The highest BCUT2D eigenvalue weighted by Gasteiger charge is 2.20. The van der Waals surface area contributed by atoms with Crippen molar-refractivity contribution in [3.8, 4) is 0 Å². The summed E-state index contributed by atoms with van der Waals surface area (Å²) in [6, 6.07) is 2.76. The Bertz CT molecular complexity index is 494. The molecule has 1 fully saturated rings. The standard InChI is InChI=1S/C15H20ClN3/c1-11-3-2-6-19(10-11)15-14(16)7-12(9-18-15)8-17-13-4-5-13/h3,7,9,13,17H,2,4-6,8,10H2,1H3. The van der Waals surface area contributed by atoms with Crippen molar-refractivity contribution in [2.45, 2.75) is 38.8 Å². The summed E-state index contributed by atoms with van der Waals surface area (Å²) in [4.78, 5) is 6.82. The van der Waals surface area contributed by atoms with Gasteiger partial charge in [0.1, 0.15) is 5.82 Å². The van der Waals surface area contributed by atoms with E-state index >= 15 is 0 Å². The van der Waals surface area contributed by atoms with Crippen molar-refractivity contribution in [2.75, 3.05) is 18.0 Å². The van der Waals surface area contributed by atoms with E-state index in [1.807, 2.05) is 12.3 Å². The number of pyridine rings is 1. The van der Waals surface area contributed by atoms with Gasteiger partial charge in [-0.25, -0.2) is 4.98 Å². The molecule has 1 N–H and O–H groups in total. The van der Waals surface area contributed by atoms with E-state index in [9.17, 15) is 0 Å². The Balaban J connectivity index is 1.69. The summed E-state index contributed by atoms with van der Waals surface area (Å²) in [6.45, 7) is 4.97. The van der Waals surface area contributed by atoms with Gasteiger partial charge in [-0.3, -0.25) is 0 Å². The van der Waals surface area contributed by atoms with Crippen molar-refractivity contribution in [1.29, 1.82) is 0 Å². The van der Waals surface area contributed by atoms with Gasteiger partial charge in [-0.2, -0.15) is 0 Å². The molecule has 1 aromatic heterocycles. The van der Waals surface area contributed by atoms with Crippen LogP contribution in [0.3, 0.4) is 0 Å². The van der Waals surface area contributed by atoms with Crippen LogP contribution in [0.1, 0.15) is 31.7 Å². The molecule has 1 aliphatic carbocycles. The minimum Gasteiger partial charge on any atom is -0.351 e.